The minimum Gasteiger partial charge on any atom is -0.462 e. The number of nitrogens with one attached hydrogen (secondary N) is 1. The highest BCUT2D eigenvalue weighted by Gasteiger charge is 2.31. The van der Waals surface area contributed by atoms with Gasteiger partial charge in [0.05, 0.1) is 24.7 Å². The van der Waals surface area contributed by atoms with E-state index < -0.39 is 17.8 Å². The second-order valence-corrected chi connectivity index (χ2v) is 7.62. The lowest BCUT2D eigenvalue weighted by atomic mass is 10.1. The predicted octanol–water partition coefficient (Wildman–Crippen LogP) is 4.13. The first-order chi connectivity index (χ1) is 15.9. The standard InChI is InChI=1S/C23H23N3O6S/c1-4-30-22(28)19-14(3)32-21(20(19)23(29)31-5-2)26-17(27)12-33-18-11-16(24-13-25-18)15-9-7-6-8-10-15/h6-11,13H,4-5,12H2,1-3H3,(H,26,27). The number of nitrogens with zero attached hydrogens (tertiary/aromatic N) is 2. The number of carbonyl (C=O) groups is 3. The molecular formula is C23H23N3O6S. The van der Waals surface area contributed by atoms with Crippen molar-refractivity contribution in [2.45, 2.75) is 25.8 Å². The van der Waals surface area contributed by atoms with Crippen LogP contribution in [0.1, 0.15) is 40.3 Å². The number of anilines is 1. The highest BCUT2D eigenvalue weighted by molar-refractivity contribution is 7.99. The number of aryl methyl sites for hydroxylation is 1. The monoisotopic (exact) mass is 469 g/mol. The van der Waals surface area contributed by atoms with Crippen LogP contribution in [0.2, 0.25) is 0 Å². The minimum absolute atomic E-state index is 0.0119. The van der Waals surface area contributed by atoms with E-state index in [1.807, 2.05) is 30.3 Å². The molecule has 172 valence electrons. The molecule has 0 radical (unpaired) electrons. The Morgan fingerprint density at radius 2 is 1.67 bits per heavy atom. The number of aromatic nitrogens is 2. The quantitative estimate of drug-likeness (QED) is 0.280. The summed E-state index contributed by atoms with van der Waals surface area (Å²) in [7, 11) is 0. The van der Waals surface area contributed by atoms with E-state index in [1.54, 1.807) is 19.9 Å². The zero-order chi connectivity index (χ0) is 23.8. The Labute approximate surface area is 194 Å². The summed E-state index contributed by atoms with van der Waals surface area (Å²) in [5.41, 5.74) is 1.43. The van der Waals surface area contributed by atoms with Crippen molar-refractivity contribution < 1.29 is 28.3 Å². The molecule has 1 aromatic carbocycles. The Bertz CT molecular complexity index is 1150. The smallest absolute Gasteiger partial charge is 0.344 e. The number of ether oxygens (including phenoxy) is 2. The molecule has 0 unspecified atom stereocenters. The van der Waals surface area contributed by atoms with Crippen molar-refractivity contribution in [1.29, 1.82) is 0 Å². The molecule has 3 aromatic rings. The second-order valence-electron chi connectivity index (χ2n) is 6.62. The number of hydrogen-bond donors (Lipinski definition) is 1. The second kappa shape index (κ2) is 11.3. The van der Waals surface area contributed by atoms with Gasteiger partial charge < -0.3 is 13.9 Å². The number of hydrogen-bond acceptors (Lipinski definition) is 9. The molecule has 0 atom stereocenters. The fraction of sp³-hybridized carbons (Fsp3) is 0.261. The first-order valence-electron chi connectivity index (χ1n) is 10.2. The molecule has 3 rings (SSSR count). The number of benzene rings is 1. The molecule has 1 amide bonds. The summed E-state index contributed by atoms with van der Waals surface area (Å²) >= 11 is 1.19. The lowest BCUT2D eigenvalue weighted by Crippen LogP contribution is -2.18. The third-order valence-electron chi connectivity index (χ3n) is 4.36. The highest BCUT2D eigenvalue weighted by atomic mass is 32.2. The van der Waals surface area contributed by atoms with Crippen LogP contribution >= 0.6 is 11.8 Å². The van der Waals surface area contributed by atoms with Crippen LogP contribution < -0.4 is 5.32 Å². The molecule has 0 spiro atoms. The van der Waals surface area contributed by atoms with Crippen LogP contribution in [0.3, 0.4) is 0 Å². The van der Waals surface area contributed by atoms with Gasteiger partial charge in [-0.05, 0) is 26.8 Å². The lowest BCUT2D eigenvalue weighted by Gasteiger charge is -2.07. The third kappa shape index (κ3) is 5.98. The van der Waals surface area contributed by atoms with Crippen molar-refractivity contribution in [3.63, 3.8) is 0 Å². The average molecular weight is 470 g/mol. The van der Waals surface area contributed by atoms with Crippen molar-refractivity contribution in [3.8, 4) is 11.3 Å². The summed E-state index contributed by atoms with van der Waals surface area (Å²) in [6, 6.07) is 11.4. The molecule has 0 bridgehead atoms. The molecule has 9 nitrogen and oxygen atoms in total. The average Bonchev–Trinajstić information content (AvgIpc) is 3.14. The fourth-order valence-electron chi connectivity index (χ4n) is 2.97. The van der Waals surface area contributed by atoms with Crippen molar-refractivity contribution in [3.05, 3.63) is 59.6 Å². The molecule has 33 heavy (non-hydrogen) atoms. The van der Waals surface area contributed by atoms with E-state index in [0.29, 0.717) is 5.03 Å². The van der Waals surface area contributed by atoms with Crippen LogP contribution in [-0.4, -0.2) is 46.8 Å². The van der Waals surface area contributed by atoms with Crippen molar-refractivity contribution in [1.82, 2.24) is 9.97 Å². The van der Waals surface area contributed by atoms with Crippen molar-refractivity contribution in [2.24, 2.45) is 0 Å². The Balaban J connectivity index is 1.75. The Morgan fingerprint density at radius 1 is 1.00 bits per heavy atom. The van der Waals surface area contributed by atoms with E-state index in [1.165, 1.54) is 25.0 Å². The summed E-state index contributed by atoms with van der Waals surface area (Å²) in [4.78, 5) is 45.8. The first kappa shape index (κ1) is 24.0. The summed E-state index contributed by atoms with van der Waals surface area (Å²) in [6.45, 7) is 4.99. The van der Waals surface area contributed by atoms with Gasteiger partial charge in [0.2, 0.25) is 11.8 Å². The summed E-state index contributed by atoms with van der Waals surface area (Å²) in [6.07, 6.45) is 1.43. The topological polar surface area (TPSA) is 121 Å². The van der Waals surface area contributed by atoms with Gasteiger partial charge in [-0.2, -0.15) is 0 Å². The van der Waals surface area contributed by atoms with Crippen LogP contribution in [0.15, 0.2) is 52.2 Å². The minimum atomic E-state index is -0.788. The number of carbonyl (C=O) groups excluding carboxylic acids is 3. The Kier molecular flexibility index (Phi) is 8.20. The number of furan rings is 1. The van der Waals surface area contributed by atoms with Gasteiger partial charge in [-0.3, -0.25) is 10.1 Å². The predicted molar refractivity (Wildman–Crippen MR) is 122 cm³/mol. The van der Waals surface area contributed by atoms with Gasteiger partial charge in [0.15, 0.2) is 0 Å². The van der Waals surface area contributed by atoms with Gasteiger partial charge in [0, 0.05) is 5.56 Å². The maximum Gasteiger partial charge on any atom is 0.344 e. The highest BCUT2D eigenvalue weighted by Crippen LogP contribution is 2.29. The normalized spacial score (nSPS) is 10.5. The summed E-state index contributed by atoms with van der Waals surface area (Å²) < 4.78 is 15.6. The molecule has 10 heteroatoms. The van der Waals surface area contributed by atoms with Gasteiger partial charge in [0.25, 0.3) is 0 Å². The first-order valence-corrected chi connectivity index (χ1v) is 11.2. The molecule has 2 heterocycles. The zero-order valence-corrected chi connectivity index (χ0v) is 19.2. The molecule has 0 saturated heterocycles. The molecular weight excluding hydrogens is 446 g/mol. The van der Waals surface area contributed by atoms with Crippen LogP contribution in [-0.2, 0) is 14.3 Å². The summed E-state index contributed by atoms with van der Waals surface area (Å²) in [5, 5.41) is 3.15. The van der Waals surface area contributed by atoms with Crippen molar-refractivity contribution >= 4 is 35.5 Å². The molecule has 2 aromatic heterocycles. The zero-order valence-electron chi connectivity index (χ0n) is 18.4. The molecule has 1 N–H and O–H groups in total. The fourth-order valence-corrected chi connectivity index (χ4v) is 3.63. The van der Waals surface area contributed by atoms with Crippen LogP contribution in [0.5, 0.6) is 0 Å². The largest absolute Gasteiger partial charge is 0.462 e. The third-order valence-corrected chi connectivity index (χ3v) is 5.28. The van der Waals surface area contributed by atoms with E-state index in [4.69, 9.17) is 13.9 Å². The molecule has 0 fully saturated rings. The Hall–Kier alpha value is -3.66. The van der Waals surface area contributed by atoms with Gasteiger partial charge in [0.1, 0.15) is 28.2 Å². The molecule has 0 aliphatic carbocycles. The number of amides is 1. The van der Waals surface area contributed by atoms with Gasteiger partial charge in [-0.1, -0.05) is 42.1 Å². The number of rotatable bonds is 9. The molecule has 0 saturated carbocycles. The van der Waals surface area contributed by atoms with E-state index >= 15 is 0 Å². The van der Waals surface area contributed by atoms with Crippen LogP contribution in [0, 0.1) is 6.92 Å². The number of esters is 2. The van der Waals surface area contributed by atoms with Gasteiger partial charge in [-0.25, -0.2) is 19.6 Å². The van der Waals surface area contributed by atoms with Crippen LogP contribution in [0.25, 0.3) is 11.3 Å². The van der Waals surface area contributed by atoms with Gasteiger partial charge >= 0.3 is 11.9 Å². The SMILES string of the molecule is CCOC(=O)c1c(C)oc(NC(=O)CSc2cc(-c3ccccc3)ncn2)c1C(=O)OCC. The van der Waals surface area contributed by atoms with E-state index in [-0.39, 0.29) is 41.7 Å². The maximum atomic E-state index is 12.6. The number of thioether (sulfide) groups is 1. The Morgan fingerprint density at radius 3 is 2.33 bits per heavy atom. The van der Waals surface area contributed by atoms with E-state index in [0.717, 1.165) is 11.3 Å². The van der Waals surface area contributed by atoms with Gasteiger partial charge in [-0.15, -0.1) is 0 Å². The molecule has 0 aliphatic heterocycles. The van der Waals surface area contributed by atoms with Crippen LogP contribution in [0.4, 0.5) is 5.88 Å². The van der Waals surface area contributed by atoms with Crippen molar-refractivity contribution in [2.75, 3.05) is 24.3 Å². The summed E-state index contributed by atoms with van der Waals surface area (Å²) in [5.74, 6) is -2.00. The lowest BCUT2D eigenvalue weighted by molar-refractivity contribution is -0.113. The van der Waals surface area contributed by atoms with E-state index in [2.05, 4.69) is 15.3 Å². The van der Waals surface area contributed by atoms with E-state index in [9.17, 15) is 14.4 Å². The molecule has 0 aliphatic rings. The maximum absolute atomic E-state index is 12.6.